The monoisotopic (exact) mass is 607 g/mol. The van der Waals surface area contributed by atoms with Gasteiger partial charge in [0.15, 0.2) is 11.6 Å². The van der Waals surface area contributed by atoms with Gasteiger partial charge in [-0.05, 0) is 65.2 Å². The normalized spacial score (nSPS) is 14.1. The molecule has 2 aromatic carbocycles. The standard InChI is InChI=1S/C27H23Cl2N9O4/c1-41-9-8-30-27(40)42-18-4-5-19(21(29)13-18)25-32-26(34-33-25)23-7-3-17-10-15(11-24(39)38(17)23)20-12-16(28)2-6-22(20)37-14-31-35-36-37/h2,4-6,10-14,23H,3,7-9H2,1H3,(H,30,40)(H,32,33,34)/t23-/m0/s1. The molecule has 2 N–H and O–H groups in total. The molecule has 214 valence electrons. The fraction of sp³-hybridized carbons (Fsp3) is 0.222. The summed E-state index contributed by atoms with van der Waals surface area (Å²) in [5.41, 5.74) is 3.37. The smallest absolute Gasteiger partial charge is 0.410 e. The van der Waals surface area contributed by atoms with Crippen LogP contribution in [0.4, 0.5) is 4.79 Å². The molecular weight excluding hydrogens is 585 g/mol. The zero-order valence-electron chi connectivity index (χ0n) is 22.1. The minimum absolute atomic E-state index is 0.186. The predicted molar refractivity (Wildman–Crippen MR) is 153 cm³/mol. The third kappa shape index (κ3) is 5.49. The summed E-state index contributed by atoms with van der Waals surface area (Å²) in [5, 5.41) is 23.4. The highest BCUT2D eigenvalue weighted by Crippen LogP contribution is 2.35. The van der Waals surface area contributed by atoms with E-state index in [2.05, 4.69) is 36.0 Å². The van der Waals surface area contributed by atoms with E-state index in [4.69, 9.17) is 32.7 Å². The SMILES string of the molecule is COCCNC(=O)Oc1ccc(-c2nnc([C@@H]3CCc4cc(-c5cc(Cl)ccc5-n5cnnn5)cc(=O)n43)[nH]2)c(Cl)c1. The van der Waals surface area contributed by atoms with Crippen LogP contribution in [0.5, 0.6) is 5.75 Å². The lowest BCUT2D eigenvalue weighted by atomic mass is 10.0. The van der Waals surface area contributed by atoms with Crippen molar-refractivity contribution >= 4 is 29.3 Å². The van der Waals surface area contributed by atoms with Gasteiger partial charge in [-0.3, -0.25) is 4.79 Å². The molecule has 1 aliphatic heterocycles. The Morgan fingerprint density at radius 2 is 2.00 bits per heavy atom. The van der Waals surface area contributed by atoms with E-state index in [9.17, 15) is 9.59 Å². The number of nitrogens with one attached hydrogen (secondary N) is 2. The van der Waals surface area contributed by atoms with Crippen molar-refractivity contribution in [1.29, 1.82) is 0 Å². The van der Waals surface area contributed by atoms with Gasteiger partial charge in [0.25, 0.3) is 5.56 Å². The van der Waals surface area contributed by atoms with E-state index < -0.39 is 6.09 Å². The van der Waals surface area contributed by atoms with Crippen LogP contribution in [0.15, 0.2) is 59.7 Å². The number of methoxy groups -OCH3 is 1. The average molecular weight is 608 g/mol. The number of hydrogen-bond donors (Lipinski definition) is 2. The van der Waals surface area contributed by atoms with Gasteiger partial charge in [-0.25, -0.2) is 4.79 Å². The van der Waals surface area contributed by atoms with Crippen LogP contribution in [-0.4, -0.2) is 66.3 Å². The maximum atomic E-state index is 13.5. The van der Waals surface area contributed by atoms with E-state index in [1.54, 1.807) is 41.0 Å². The largest absolute Gasteiger partial charge is 0.412 e. The molecular formula is C27H23Cl2N9O4. The molecule has 0 unspecified atom stereocenters. The second-order valence-corrected chi connectivity index (χ2v) is 10.3. The van der Waals surface area contributed by atoms with Crippen molar-refractivity contribution in [3.63, 3.8) is 0 Å². The third-order valence-corrected chi connectivity index (χ3v) is 7.35. The number of pyridine rings is 1. The lowest BCUT2D eigenvalue weighted by molar-refractivity contribution is 0.180. The van der Waals surface area contributed by atoms with Crippen LogP contribution in [0, 0.1) is 0 Å². The van der Waals surface area contributed by atoms with Gasteiger partial charge in [0.2, 0.25) is 0 Å². The second kappa shape index (κ2) is 11.7. The van der Waals surface area contributed by atoms with Crippen LogP contribution < -0.4 is 15.6 Å². The Morgan fingerprint density at radius 1 is 1.12 bits per heavy atom. The van der Waals surface area contributed by atoms with Crippen molar-refractivity contribution in [2.24, 2.45) is 0 Å². The quantitative estimate of drug-likeness (QED) is 0.250. The molecule has 0 fully saturated rings. The van der Waals surface area contributed by atoms with Gasteiger partial charge < -0.3 is 24.3 Å². The Balaban J connectivity index is 1.25. The summed E-state index contributed by atoms with van der Waals surface area (Å²) in [4.78, 5) is 28.6. The fourth-order valence-corrected chi connectivity index (χ4v) is 5.35. The number of benzene rings is 2. The van der Waals surface area contributed by atoms with Crippen molar-refractivity contribution in [2.75, 3.05) is 20.3 Å². The van der Waals surface area contributed by atoms with Gasteiger partial charge in [0, 0.05) is 47.6 Å². The number of tetrazole rings is 1. The molecule has 42 heavy (non-hydrogen) atoms. The number of aryl methyl sites for hydroxylation is 1. The minimum atomic E-state index is -0.617. The lowest BCUT2D eigenvalue weighted by Gasteiger charge is -2.14. The molecule has 5 aromatic rings. The van der Waals surface area contributed by atoms with Gasteiger partial charge in [0.1, 0.15) is 12.1 Å². The van der Waals surface area contributed by atoms with Crippen LogP contribution in [0.2, 0.25) is 10.0 Å². The zero-order valence-corrected chi connectivity index (χ0v) is 23.6. The summed E-state index contributed by atoms with van der Waals surface area (Å²) in [6.07, 6.45) is 2.18. The first-order valence-corrected chi connectivity index (χ1v) is 13.6. The molecule has 6 rings (SSSR count). The molecule has 0 spiro atoms. The number of carbonyl (C=O) groups is 1. The molecule has 0 aliphatic carbocycles. The van der Waals surface area contributed by atoms with Crippen LogP contribution >= 0.6 is 23.2 Å². The predicted octanol–water partition coefficient (Wildman–Crippen LogP) is 3.85. The van der Waals surface area contributed by atoms with Crippen LogP contribution in [-0.2, 0) is 11.2 Å². The van der Waals surface area contributed by atoms with Gasteiger partial charge >= 0.3 is 6.09 Å². The number of hydrogen-bond acceptors (Lipinski definition) is 9. The number of H-pyrrole nitrogens is 1. The molecule has 1 aliphatic rings. The van der Waals surface area contributed by atoms with Gasteiger partial charge in [-0.1, -0.05) is 23.2 Å². The van der Waals surface area contributed by atoms with E-state index in [1.165, 1.54) is 24.2 Å². The number of ether oxygens (including phenoxy) is 2. The molecule has 1 amide bonds. The van der Waals surface area contributed by atoms with Crippen molar-refractivity contribution in [3.05, 3.63) is 86.8 Å². The number of carbonyl (C=O) groups excluding carboxylic acids is 1. The number of fused-ring (bicyclic) bond motifs is 1. The Labute approximate surface area is 248 Å². The highest BCUT2D eigenvalue weighted by molar-refractivity contribution is 6.33. The molecule has 13 nitrogen and oxygen atoms in total. The number of aromatic amines is 1. The van der Waals surface area contributed by atoms with Crippen molar-refractivity contribution in [1.82, 2.24) is 45.3 Å². The molecule has 3 aromatic heterocycles. The van der Waals surface area contributed by atoms with E-state index in [0.717, 1.165) is 11.3 Å². The van der Waals surface area contributed by atoms with Gasteiger partial charge in [-0.2, -0.15) is 4.68 Å². The maximum Gasteiger partial charge on any atom is 0.412 e. The molecule has 0 radical (unpaired) electrons. The number of nitrogens with zero attached hydrogens (tertiary/aromatic N) is 7. The average Bonchev–Trinajstić information content (AvgIpc) is 3.74. The van der Waals surface area contributed by atoms with Crippen molar-refractivity contribution in [3.8, 4) is 34.0 Å². The molecule has 15 heteroatoms. The number of aromatic nitrogens is 8. The zero-order chi connectivity index (χ0) is 29.2. The third-order valence-electron chi connectivity index (χ3n) is 6.80. The highest BCUT2D eigenvalue weighted by atomic mass is 35.5. The van der Waals surface area contributed by atoms with Crippen molar-refractivity contribution in [2.45, 2.75) is 18.9 Å². The summed E-state index contributed by atoms with van der Waals surface area (Å²) in [6, 6.07) is 13.3. The Bertz CT molecular complexity index is 1820. The molecule has 4 heterocycles. The van der Waals surface area contributed by atoms with E-state index >= 15 is 0 Å². The first kappa shape index (κ1) is 27.6. The first-order chi connectivity index (χ1) is 20.4. The Kier molecular flexibility index (Phi) is 7.69. The lowest BCUT2D eigenvalue weighted by Crippen LogP contribution is -2.29. The Morgan fingerprint density at radius 3 is 2.79 bits per heavy atom. The summed E-state index contributed by atoms with van der Waals surface area (Å²) in [5.74, 6) is 1.23. The second-order valence-electron chi connectivity index (χ2n) is 9.42. The Hall–Kier alpha value is -4.59. The highest BCUT2D eigenvalue weighted by Gasteiger charge is 2.29. The van der Waals surface area contributed by atoms with Crippen LogP contribution in [0.3, 0.4) is 0 Å². The first-order valence-electron chi connectivity index (χ1n) is 12.9. The minimum Gasteiger partial charge on any atom is -0.410 e. The molecule has 0 saturated heterocycles. The molecule has 1 atom stereocenters. The summed E-state index contributed by atoms with van der Waals surface area (Å²) < 4.78 is 13.4. The van der Waals surface area contributed by atoms with E-state index in [1.807, 2.05) is 6.07 Å². The van der Waals surface area contributed by atoms with Crippen LogP contribution in [0.25, 0.3) is 28.2 Å². The topological polar surface area (TPSA) is 155 Å². The van der Waals surface area contributed by atoms with Gasteiger partial charge in [0.05, 0.1) is 23.4 Å². The summed E-state index contributed by atoms with van der Waals surface area (Å²) in [7, 11) is 1.54. The molecule has 0 bridgehead atoms. The van der Waals surface area contributed by atoms with Crippen molar-refractivity contribution < 1.29 is 14.3 Å². The molecule has 0 saturated carbocycles. The number of rotatable bonds is 8. The number of amides is 1. The number of halogens is 2. The van der Waals surface area contributed by atoms with Gasteiger partial charge in [-0.15, -0.1) is 15.3 Å². The van der Waals surface area contributed by atoms with E-state index in [0.29, 0.717) is 64.5 Å². The van der Waals surface area contributed by atoms with E-state index in [-0.39, 0.29) is 17.4 Å². The van der Waals surface area contributed by atoms with Crippen LogP contribution in [0.1, 0.15) is 24.0 Å². The fourth-order valence-electron chi connectivity index (χ4n) is 4.92. The maximum absolute atomic E-state index is 13.5. The summed E-state index contributed by atoms with van der Waals surface area (Å²) in [6.45, 7) is 0.686. The summed E-state index contributed by atoms with van der Waals surface area (Å²) >= 11 is 12.8.